The van der Waals surface area contributed by atoms with Crippen molar-refractivity contribution in [2.24, 2.45) is 5.92 Å². The van der Waals surface area contributed by atoms with Gasteiger partial charge in [0.1, 0.15) is 0 Å². The lowest BCUT2D eigenvalue weighted by Crippen LogP contribution is -2.16. The van der Waals surface area contributed by atoms with Crippen molar-refractivity contribution in [1.29, 1.82) is 0 Å². The molecule has 2 atom stereocenters. The number of nitrogen functional groups attached to an aromatic ring is 1. The molecule has 0 aliphatic rings. The topological polar surface area (TPSA) is 69.6 Å². The van der Waals surface area contributed by atoms with Crippen molar-refractivity contribution in [3.63, 3.8) is 0 Å². The second-order valence-electron chi connectivity index (χ2n) is 5.15. The average molecular weight is 259 g/mol. The van der Waals surface area contributed by atoms with Gasteiger partial charge in [0.05, 0.1) is 6.04 Å². The van der Waals surface area contributed by atoms with E-state index in [1.165, 1.54) is 0 Å². The van der Waals surface area contributed by atoms with Gasteiger partial charge in [-0.2, -0.15) is 0 Å². The fourth-order valence-corrected chi connectivity index (χ4v) is 2.17. The molecular weight excluding hydrogens is 238 g/mol. The van der Waals surface area contributed by atoms with Gasteiger partial charge in [-0.25, -0.2) is 4.68 Å². The predicted molar refractivity (Wildman–Crippen MR) is 76.6 cm³/mol. The maximum atomic E-state index is 5.79. The summed E-state index contributed by atoms with van der Waals surface area (Å²) in [5.74, 6) is 1.33. The Labute approximate surface area is 113 Å². The number of hydrogen-bond acceptors (Lipinski definition) is 4. The minimum absolute atomic E-state index is 0.270. The molecule has 0 fully saturated rings. The molecule has 2 N–H and O–H groups in total. The van der Waals surface area contributed by atoms with Crippen molar-refractivity contribution in [2.75, 3.05) is 5.73 Å². The van der Waals surface area contributed by atoms with Crippen molar-refractivity contribution < 1.29 is 0 Å². The summed E-state index contributed by atoms with van der Waals surface area (Å²) in [6.45, 7) is 8.57. The third kappa shape index (κ3) is 2.59. The highest BCUT2D eigenvalue weighted by atomic mass is 15.5. The third-order valence-electron chi connectivity index (χ3n) is 3.84. The lowest BCUT2D eigenvalue weighted by atomic mass is 10.0. The molecule has 2 unspecified atom stereocenters. The van der Waals surface area contributed by atoms with Crippen LogP contribution in [0.1, 0.15) is 38.8 Å². The Hall–Kier alpha value is -1.91. The number of nitrogens with two attached hydrogens (primary N) is 1. The van der Waals surface area contributed by atoms with Crippen LogP contribution in [0.25, 0.3) is 11.4 Å². The van der Waals surface area contributed by atoms with Gasteiger partial charge in [0.2, 0.25) is 0 Å². The Morgan fingerprint density at radius 1 is 1.32 bits per heavy atom. The van der Waals surface area contributed by atoms with E-state index in [4.69, 9.17) is 5.73 Å². The number of tetrazole rings is 1. The molecule has 1 heterocycles. The number of aryl methyl sites for hydroxylation is 1. The number of rotatable bonds is 4. The molecule has 19 heavy (non-hydrogen) atoms. The van der Waals surface area contributed by atoms with E-state index >= 15 is 0 Å². The van der Waals surface area contributed by atoms with Crippen molar-refractivity contribution >= 4 is 5.69 Å². The van der Waals surface area contributed by atoms with Crippen LogP contribution in [0.15, 0.2) is 18.2 Å². The summed E-state index contributed by atoms with van der Waals surface area (Å²) in [7, 11) is 0. The van der Waals surface area contributed by atoms with Crippen LogP contribution < -0.4 is 5.73 Å². The van der Waals surface area contributed by atoms with Gasteiger partial charge < -0.3 is 5.73 Å². The Bertz CT molecular complexity index is 561. The number of aromatic nitrogens is 4. The number of nitrogens with zero attached hydrogens (tertiary/aromatic N) is 4. The third-order valence-corrected chi connectivity index (χ3v) is 3.84. The van der Waals surface area contributed by atoms with Gasteiger partial charge >= 0.3 is 0 Å². The van der Waals surface area contributed by atoms with E-state index in [2.05, 4.69) is 36.3 Å². The average Bonchev–Trinajstić information content (AvgIpc) is 2.86. The fraction of sp³-hybridized carbons (Fsp3) is 0.500. The molecule has 0 bridgehead atoms. The minimum Gasteiger partial charge on any atom is -0.399 e. The molecule has 0 aliphatic carbocycles. The largest absolute Gasteiger partial charge is 0.399 e. The molecule has 2 rings (SSSR count). The zero-order chi connectivity index (χ0) is 14.0. The van der Waals surface area contributed by atoms with Gasteiger partial charge in [0.25, 0.3) is 0 Å². The molecule has 0 saturated carbocycles. The monoisotopic (exact) mass is 259 g/mol. The van der Waals surface area contributed by atoms with Crippen LogP contribution in [0.4, 0.5) is 5.69 Å². The fourth-order valence-electron chi connectivity index (χ4n) is 2.17. The summed E-state index contributed by atoms with van der Waals surface area (Å²) in [6, 6.07) is 6.08. The molecule has 102 valence electrons. The van der Waals surface area contributed by atoms with Gasteiger partial charge in [-0.1, -0.05) is 20.3 Å². The van der Waals surface area contributed by atoms with Crippen LogP contribution >= 0.6 is 0 Å². The molecule has 5 heteroatoms. The van der Waals surface area contributed by atoms with E-state index in [1.54, 1.807) is 0 Å². The van der Waals surface area contributed by atoms with E-state index < -0.39 is 0 Å². The lowest BCUT2D eigenvalue weighted by Gasteiger charge is -2.19. The van der Waals surface area contributed by atoms with E-state index in [-0.39, 0.29) is 6.04 Å². The summed E-state index contributed by atoms with van der Waals surface area (Å²) in [6.07, 6.45) is 1.10. The Morgan fingerprint density at radius 3 is 2.68 bits per heavy atom. The zero-order valence-corrected chi connectivity index (χ0v) is 12.0. The maximum absolute atomic E-state index is 5.79. The molecule has 0 amide bonds. The van der Waals surface area contributed by atoms with Crippen LogP contribution in [0, 0.1) is 12.8 Å². The lowest BCUT2D eigenvalue weighted by molar-refractivity contribution is 0.340. The summed E-state index contributed by atoms with van der Waals surface area (Å²) in [5.41, 5.74) is 8.68. The van der Waals surface area contributed by atoms with Crippen molar-refractivity contribution in [1.82, 2.24) is 20.2 Å². The second-order valence-corrected chi connectivity index (χ2v) is 5.15. The summed E-state index contributed by atoms with van der Waals surface area (Å²) >= 11 is 0. The first-order valence-electron chi connectivity index (χ1n) is 6.69. The molecule has 5 nitrogen and oxygen atoms in total. The summed E-state index contributed by atoms with van der Waals surface area (Å²) < 4.78 is 1.91. The van der Waals surface area contributed by atoms with Crippen LogP contribution in [-0.2, 0) is 0 Å². The molecule has 0 spiro atoms. The van der Waals surface area contributed by atoms with Gasteiger partial charge in [-0.3, -0.25) is 0 Å². The molecule has 2 aromatic rings. The van der Waals surface area contributed by atoms with Gasteiger partial charge in [0.15, 0.2) is 5.82 Å². The second kappa shape index (κ2) is 5.38. The first-order chi connectivity index (χ1) is 9.04. The Balaban J connectivity index is 2.44. The van der Waals surface area contributed by atoms with E-state index in [9.17, 15) is 0 Å². The number of hydrogen-bond donors (Lipinski definition) is 1. The number of benzene rings is 1. The van der Waals surface area contributed by atoms with Crippen LogP contribution in [-0.4, -0.2) is 20.2 Å². The van der Waals surface area contributed by atoms with E-state index in [1.807, 2.05) is 29.8 Å². The Morgan fingerprint density at radius 2 is 2.05 bits per heavy atom. The molecule has 1 aromatic carbocycles. The van der Waals surface area contributed by atoms with E-state index in [0.717, 1.165) is 29.1 Å². The van der Waals surface area contributed by atoms with Crippen molar-refractivity contribution in [3.8, 4) is 11.4 Å². The van der Waals surface area contributed by atoms with E-state index in [0.29, 0.717) is 5.92 Å². The maximum Gasteiger partial charge on any atom is 0.182 e. The standard InChI is InChI=1S/C14H21N5/c1-5-9(2)11(4)19-14(16-17-18-19)13-7-6-12(15)8-10(13)3/h6-9,11H,5,15H2,1-4H3. The van der Waals surface area contributed by atoms with Crippen molar-refractivity contribution in [2.45, 2.75) is 40.2 Å². The molecule has 0 saturated heterocycles. The van der Waals surface area contributed by atoms with Crippen LogP contribution in [0.3, 0.4) is 0 Å². The Kier molecular flexibility index (Phi) is 3.83. The first kappa shape index (κ1) is 13.5. The zero-order valence-electron chi connectivity index (χ0n) is 12.0. The highest BCUT2D eigenvalue weighted by Gasteiger charge is 2.19. The minimum atomic E-state index is 0.270. The summed E-state index contributed by atoms with van der Waals surface area (Å²) in [5, 5.41) is 12.2. The molecular formula is C14H21N5. The quantitative estimate of drug-likeness (QED) is 0.857. The number of anilines is 1. The van der Waals surface area contributed by atoms with Crippen LogP contribution in [0.2, 0.25) is 0 Å². The predicted octanol–water partition coefficient (Wildman–Crippen LogP) is 2.84. The normalized spacial score (nSPS) is 14.3. The van der Waals surface area contributed by atoms with Gasteiger partial charge in [-0.15, -0.1) is 5.10 Å². The summed E-state index contributed by atoms with van der Waals surface area (Å²) in [4.78, 5) is 0. The van der Waals surface area contributed by atoms with Gasteiger partial charge in [-0.05, 0) is 54.0 Å². The molecule has 1 aromatic heterocycles. The highest BCUT2D eigenvalue weighted by Crippen LogP contribution is 2.27. The van der Waals surface area contributed by atoms with Gasteiger partial charge in [0, 0.05) is 11.3 Å². The molecule has 0 aliphatic heterocycles. The highest BCUT2D eigenvalue weighted by molar-refractivity contribution is 5.63. The van der Waals surface area contributed by atoms with Crippen molar-refractivity contribution in [3.05, 3.63) is 23.8 Å². The van der Waals surface area contributed by atoms with Crippen LogP contribution in [0.5, 0.6) is 0 Å². The molecule has 0 radical (unpaired) electrons. The SMILES string of the molecule is CCC(C)C(C)n1nnnc1-c1ccc(N)cc1C. The smallest absolute Gasteiger partial charge is 0.182 e. The first-order valence-corrected chi connectivity index (χ1v) is 6.69.